The quantitative estimate of drug-likeness (QED) is 0.728. The molecule has 0 unspecified atom stereocenters. The Kier molecular flexibility index (Phi) is 5.91. The first kappa shape index (κ1) is 19.1. The number of hydrogen-bond donors (Lipinski definition) is 1. The standard InChI is InChI=1S/C20H21NO5S/c1-3-25-19(23)15-12(2)16(27-18(15)21-17(22)14-9-10-14)20(24)26-11-13-7-5-4-6-8-13/h4-8,14H,3,9-11H2,1-2H3,(H,21,22). The molecule has 7 heteroatoms. The van der Waals surface area contributed by atoms with E-state index in [1.54, 1.807) is 13.8 Å². The molecule has 1 aromatic heterocycles. The second-order valence-corrected chi connectivity index (χ2v) is 7.33. The van der Waals surface area contributed by atoms with Crippen LogP contribution in [0.4, 0.5) is 5.00 Å². The number of carbonyl (C=O) groups excluding carboxylic acids is 3. The van der Waals surface area contributed by atoms with E-state index in [2.05, 4.69) is 5.32 Å². The zero-order valence-electron chi connectivity index (χ0n) is 15.2. The third-order valence-corrected chi connectivity index (χ3v) is 5.40. The molecular weight excluding hydrogens is 366 g/mol. The highest BCUT2D eigenvalue weighted by molar-refractivity contribution is 7.18. The SMILES string of the molecule is CCOC(=O)c1c(NC(=O)C2CC2)sc(C(=O)OCc2ccccc2)c1C. The Balaban J connectivity index is 1.82. The largest absolute Gasteiger partial charge is 0.462 e. The second-order valence-electron chi connectivity index (χ2n) is 6.31. The fraction of sp³-hybridized carbons (Fsp3) is 0.350. The van der Waals surface area contributed by atoms with Crippen LogP contribution in [0.3, 0.4) is 0 Å². The maximum absolute atomic E-state index is 12.5. The molecular formula is C20H21NO5S. The van der Waals surface area contributed by atoms with Crippen molar-refractivity contribution in [1.82, 2.24) is 0 Å². The molecule has 27 heavy (non-hydrogen) atoms. The van der Waals surface area contributed by atoms with Gasteiger partial charge in [0.1, 0.15) is 16.5 Å². The van der Waals surface area contributed by atoms with E-state index in [0.717, 1.165) is 29.7 Å². The molecule has 1 aromatic carbocycles. The van der Waals surface area contributed by atoms with Crippen LogP contribution in [0.25, 0.3) is 0 Å². The zero-order valence-corrected chi connectivity index (χ0v) is 16.1. The Morgan fingerprint density at radius 2 is 1.81 bits per heavy atom. The Morgan fingerprint density at radius 1 is 1.11 bits per heavy atom. The molecule has 6 nitrogen and oxygen atoms in total. The normalized spacial score (nSPS) is 13.1. The van der Waals surface area contributed by atoms with Crippen LogP contribution >= 0.6 is 11.3 Å². The van der Waals surface area contributed by atoms with Gasteiger partial charge in [0.05, 0.1) is 12.2 Å². The van der Waals surface area contributed by atoms with E-state index in [1.165, 1.54) is 0 Å². The van der Waals surface area contributed by atoms with Gasteiger partial charge >= 0.3 is 11.9 Å². The Hall–Kier alpha value is -2.67. The van der Waals surface area contributed by atoms with Crippen LogP contribution in [0, 0.1) is 12.8 Å². The minimum atomic E-state index is -0.556. The van der Waals surface area contributed by atoms with Crippen LogP contribution in [0.2, 0.25) is 0 Å². The third kappa shape index (κ3) is 4.54. The fourth-order valence-electron chi connectivity index (χ4n) is 2.59. The molecule has 0 aliphatic heterocycles. The van der Waals surface area contributed by atoms with Gasteiger partial charge in [-0.15, -0.1) is 11.3 Å². The maximum Gasteiger partial charge on any atom is 0.349 e. The molecule has 3 rings (SSSR count). The molecule has 1 amide bonds. The van der Waals surface area contributed by atoms with Gasteiger partial charge in [0.25, 0.3) is 0 Å². The average molecular weight is 387 g/mol. The highest BCUT2D eigenvalue weighted by atomic mass is 32.1. The zero-order chi connectivity index (χ0) is 19.4. The van der Waals surface area contributed by atoms with Gasteiger partial charge in [-0.1, -0.05) is 30.3 Å². The van der Waals surface area contributed by atoms with Crippen molar-refractivity contribution in [2.45, 2.75) is 33.3 Å². The van der Waals surface area contributed by atoms with Crippen molar-refractivity contribution >= 4 is 34.2 Å². The summed E-state index contributed by atoms with van der Waals surface area (Å²) in [4.78, 5) is 37.3. The Bertz CT molecular complexity index is 855. The lowest BCUT2D eigenvalue weighted by Crippen LogP contribution is -2.16. The smallest absolute Gasteiger partial charge is 0.349 e. The fourth-order valence-corrected chi connectivity index (χ4v) is 3.69. The molecule has 1 fully saturated rings. The van der Waals surface area contributed by atoms with E-state index in [0.29, 0.717) is 15.4 Å². The first-order valence-electron chi connectivity index (χ1n) is 8.83. The van der Waals surface area contributed by atoms with Gasteiger partial charge in [-0.25, -0.2) is 9.59 Å². The monoisotopic (exact) mass is 387 g/mol. The second kappa shape index (κ2) is 8.35. The van der Waals surface area contributed by atoms with Gasteiger partial charge in [0, 0.05) is 5.92 Å². The summed E-state index contributed by atoms with van der Waals surface area (Å²) in [6.45, 7) is 3.71. The molecule has 0 bridgehead atoms. The van der Waals surface area contributed by atoms with Crippen LogP contribution in [-0.2, 0) is 20.9 Å². The van der Waals surface area contributed by atoms with Crippen molar-refractivity contribution in [2.75, 3.05) is 11.9 Å². The number of amides is 1. The number of nitrogens with one attached hydrogen (secondary N) is 1. The lowest BCUT2D eigenvalue weighted by atomic mass is 10.1. The lowest BCUT2D eigenvalue weighted by molar-refractivity contribution is -0.117. The van der Waals surface area contributed by atoms with E-state index in [4.69, 9.17) is 9.47 Å². The van der Waals surface area contributed by atoms with E-state index in [-0.39, 0.29) is 30.6 Å². The summed E-state index contributed by atoms with van der Waals surface area (Å²) in [5.41, 5.74) is 1.55. The van der Waals surface area contributed by atoms with Gasteiger partial charge in [-0.3, -0.25) is 4.79 Å². The molecule has 1 N–H and O–H groups in total. The van der Waals surface area contributed by atoms with Crippen molar-refractivity contribution in [3.8, 4) is 0 Å². The van der Waals surface area contributed by atoms with E-state index < -0.39 is 11.9 Å². The summed E-state index contributed by atoms with van der Waals surface area (Å²) in [5.74, 6) is -1.24. The number of hydrogen-bond acceptors (Lipinski definition) is 6. The molecule has 1 heterocycles. The van der Waals surface area contributed by atoms with Crippen LogP contribution in [0.1, 0.15) is 50.9 Å². The first-order valence-corrected chi connectivity index (χ1v) is 9.65. The third-order valence-electron chi connectivity index (χ3n) is 4.21. The molecule has 0 spiro atoms. The van der Waals surface area contributed by atoms with Crippen molar-refractivity contribution < 1.29 is 23.9 Å². The summed E-state index contributed by atoms with van der Waals surface area (Å²) in [5, 5.41) is 3.11. The van der Waals surface area contributed by atoms with E-state index >= 15 is 0 Å². The molecule has 1 aliphatic carbocycles. The molecule has 1 saturated carbocycles. The van der Waals surface area contributed by atoms with Crippen molar-refractivity contribution in [2.24, 2.45) is 5.92 Å². The predicted octanol–water partition coefficient (Wildman–Crippen LogP) is 3.94. The number of carbonyl (C=O) groups is 3. The number of thiophene rings is 1. The first-order chi connectivity index (χ1) is 13.0. The highest BCUT2D eigenvalue weighted by Crippen LogP contribution is 2.37. The predicted molar refractivity (Wildman–Crippen MR) is 102 cm³/mol. The van der Waals surface area contributed by atoms with Gasteiger partial charge in [0.15, 0.2) is 0 Å². The minimum Gasteiger partial charge on any atom is -0.462 e. The van der Waals surface area contributed by atoms with Crippen LogP contribution in [-0.4, -0.2) is 24.5 Å². The van der Waals surface area contributed by atoms with Gasteiger partial charge in [-0.05, 0) is 37.8 Å². The number of ether oxygens (including phenoxy) is 2. The number of benzene rings is 1. The average Bonchev–Trinajstić information content (AvgIpc) is 3.45. The minimum absolute atomic E-state index is 0.0177. The summed E-state index contributed by atoms with van der Waals surface area (Å²) in [6, 6.07) is 9.34. The van der Waals surface area contributed by atoms with Crippen LogP contribution in [0.15, 0.2) is 30.3 Å². The van der Waals surface area contributed by atoms with Crippen LogP contribution in [0.5, 0.6) is 0 Å². The van der Waals surface area contributed by atoms with E-state index in [1.807, 2.05) is 30.3 Å². The Labute approximate surface area is 161 Å². The van der Waals surface area contributed by atoms with Gasteiger partial charge in [-0.2, -0.15) is 0 Å². The lowest BCUT2D eigenvalue weighted by Gasteiger charge is -2.06. The van der Waals surface area contributed by atoms with Gasteiger partial charge in [0.2, 0.25) is 5.91 Å². The van der Waals surface area contributed by atoms with Crippen molar-refractivity contribution in [1.29, 1.82) is 0 Å². The topological polar surface area (TPSA) is 81.7 Å². The van der Waals surface area contributed by atoms with E-state index in [9.17, 15) is 14.4 Å². The molecule has 1 aliphatic rings. The number of anilines is 1. The Morgan fingerprint density at radius 3 is 2.44 bits per heavy atom. The molecule has 0 radical (unpaired) electrons. The van der Waals surface area contributed by atoms with Gasteiger partial charge < -0.3 is 14.8 Å². The summed E-state index contributed by atoms with van der Waals surface area (Å²) < 4.78 is 10.5. The molecule has 142 valence electrons. The van der Waals surface area contributed by atoms with Crippen molar-refractivity contribution in [3.63, 3.8) is 0 Å². The number of esters is 2. The maximum atomic E-state index is 12.5. The summed E-state index contributed by atoms with van der Waals surface area (Å²) >= 11 is 1.05. The van der Waals surface area contributed by atoms with Crippen LogP contribution < -0.4 is 5.32 Å². The molecule has 0 saturated heterocycles. The molecule has 2 aromatic rings. The molecule has 0 atom stereocenters. The number of rotatable bonds is 7. The van der Waals surface area contributed by atoms with Crippen molar-refractivity contribution in [3.05, 3.63) is 51.9 Å². The highest BCUT2D eigenvalue weighted by Gasteiger charge is 2.33. The summed E-state index contributed by atoms with van der Waals surface area (Å²) in [7, 11) is 0. The summed E-state index contributed by atoms with van der Waals surface area (Å²) in [6.07, 6.45) is 1.69.